The second-order valence-corrected chi connectivity index (χ2v) is 10.4. The molecule has 4 heterocycles. The van der Waals surface area contributed by atoms with E-state index in [-0.39, 0.29) is 5.91 Å². The van der Waals surface area contributed by atoms with Crippen LogP contribution in [0.25, 0.3) is 10.9 Å². The van der Waals surface area contributed by atoms with Gasteiger partial charge in [-0.2, -0.15) is 0 Å². The molecule has 2 fully saturated rings. The van der Waals surface area contributed by atoms with E-state index in [1.54, 1.807) is 0 Å². The van der Waals surface area contributed by atoms with E-state index in [2.05, 4.69) is 28.6 Å². The van der Waals surface area contributed by atoms with Crippen LogP contribution in [0.2, 0.25) is 5.02 Å². The van der Waals surface area contributed by atoms with Gasteiger partial charge in [0.15, 0.2) is 0 Å². The van der Waals surface area contributed by atoms with Gasteiger partial charge in [-0.25, -0.2) is 0 Å². The molecule has 5 nitrogen and oxygen atoms in total. The number of rotatable bonds is 3. The minimum Gasteiger partial charge on any atom is -0.344 e. The molecule has 1 amide bonds. The molecule has 0 saturated carbocycles. The third kappa shape index (κ3) is 3.01. The lowest BCUT2D eigenvalue weighted by Gasteiger charge is -2.32. The van der Waals surface area contributed by atoms with E-state index in [4.69, 9.17) is 11.6 Å². The Hall–Kier alpha value is -1.37. The Balaban J connectivity index is 1.46. The number of halogens is 1. The summed E-state index contributed by atoms with van der Waals surface area (Å²) in [6, 6.07) is 7.22. The number of aryl methyl sites for hydroxylation is 1. The van der Waals surface area contributed by atoms with Crippen LogP contribution in [0.15, 0.2) is 18.2 Å². The first kappa shape index (κ1) is 18.6. The Labute approximate surface area is 173 Å². The van der Waals surface area contributed by atoms with Gasteiger partial charge in [0.05, 0.1) is 0 Å². The van der Waals surface area contributed by atoms with E-state index in [9.17, 15) is 9.00 Å². The van der Waals surface area contributed by atoms with Crippen LogP contribution in [0.5, 0.6) is 0 Å². The van der Waals surface area contributed by atoms with Crippen molar-refractivity contribution in [3.8, 4) is 0 Å². The molecule has 2 aromatic rings. The summed E-state index contributed by atoms with van der Waals surface area (Å²) >= 11 is 6.34. The van der Waals surface area contributed by atoms with Gasteiger partial charge in [0, 0.05) is 88.5 Å². The number of aromatic nitrogens is 1. The number of carbonyl (C=O) groups is 1. The molecule has 2 unspecified atom stereocenters. The second-order valence-electron chi connectivity index (χ2n) is 8.27. The number of benzene rings is 1. The monoisotopic (exact) mass is 419 g/mol. The van der Waals surface area contributed by atoms with Crippen LogP contribution >= 0.6 is 11.6 Å². The standard InChI is InChI=1S/C21H26ClN3O2S/c1-23-15-3-5-18(23)21-16-12-14(22)2-4-17(16)25(19(21)13-15)7-6-20(26)24-8-10-28(27)11-9-24/h2,4,12,15,18H,3,5-11,13H2,1H3. The third-order valence-corrected chi connectivity index (χ3v) is 8.37. The molecule has 7 heteroatoms. The van der Waals surface area contributed by atoms with E-state index < -0.39 is 10.8 Å². The first-order chi connectivity index (χ1) is 13.5. The normalized spacial score (nSPS) is 25.4. The SMILES string of the molecule is CN1C2CCC1c1c(n(CCC(=O)N3CCS(=O)CC3)c3ccc(Cl)cc13)C2. The van der Waals surface area contributed by atoms with Crippen molar-refractivity contribution in [3.05, 3.63) is 34.5 Å². The smallest absolute Gasteiger partial charge is 0.224 e. The van der Waals surface area contributed by atoms with Crippen LogP contribution in [0.1, 0.15) is 36.6 Å². The summed E-state index contributed by atoms with van der Waals surface area (Å²) in [4.78, 5) is 17.1. The Morgan fingerprint density at radius 3 is 2.82 bits per heavy atom. The van der Waals surface area contributed by atoms with Crippen molar-refractivity contribution < 1.29 is 9.00 Å². The molecule has 1 aromatic heterocycles. The van der Waals surface area contributed by atoms with Crippen LogP contribution in [-0.4, -0.2) is 62.2 Å². The number of hydrogen-bond donors (Lipinski definition) is 0. The van der Waals surface area contributed by atoms with Gasteiger partial charge in [0.2, 0.25) is 5.91 Å². The maximum Gasteiger partial charge on any atom is 0.224 e. The highest BCUT2D eigenvalue weighted by atomic mass is 35.5. The van der Waals surface area contributed by atoms with Crippen molar-refractivity contribution in [2.45, 2.75) is 44.3 Å². The number of carbonyl (C=O) groups excluding carboxylic acids is 1. The topological polar surface area (TPSA) is 45.6 Å². The maximum atomic E-state index is 12.7. The van der Waals surface area contributed by atoms with E-state index >= 15 is 0 Å². The number of hydrogen-bond acceptors (Lipinski definition) is 3. The molecule has 0 aliphatic carbocycles. The van der Waals surface area contributed by atoms with Gasteiger partial charge in [-0.3, -0.25) is 13.9 Å². The summed E-state index contributed by atoms with van der Waals surface area (Å²) in [5, 5.41) is 2.02. The number of nitrogens with zero attached hydrogens (tertiary/aromatic N) is 3. The summed E-state index contributed by atoms with van der Waals surface area (Å²) in [6.07, 6.45) is 3.98. The lowest BCUT2D eigenvalue weighted by Crippen LogP contribution is -2.42. The average molecular weight is 420 g/mol. The number of likely N-dealkylation sites (N-methyl/N-ethyl adjacent to an activating group) is 1. The molecule has 0 N–H and O–H groups in total. The van der Waals surface area contributed by atoms with Gasteiger partial charge in [-0.1, -0.05) is 11.6 Å². The van der Waals surface area contributed by atoms with E-state index in [0.29, 0.717) is 49.6 Å². The molecule has 2 atom stereocenters. The first-order valence-electron chi connectivity index (χ1n) is 10.2. The van der Waals surface area contributed by atoms with Crippen molar-refractivity contribution in [2.24, 2.45) is 0 Å². The van der Waals surface area contributed by atoms with Crippen LogP contribution in [0, 0.1) is 0 Å². The highest BCUT2D eigenvalue weighted by Gasteiger charge is 2.40. The zero-order valence-electron chi connectivity index (χ0n) is 16.2. The van der Waals surface area contributed by atoms with Crippen molar-refractivity contribution in [1.82, 2.24) is 14.4 Å². The zero-order valence-corrected chi connectivity index (χ0v) is 17.8. The molecule has 3 aliphatic heterocycles. The third-order valence-electron chi connectivity index (χ3n) is 6.86. The predicted molar refractivity (Wildman–Crippen MR) is 113 cm³/mol. The molecule has 2 bridgehead atoms. The molecule has 1 aromatic carbocycles. The summed E-state index contributed by atoms with van der Waals surface area (Å²) in [7, 11) is 1.48. The van der Waals surface area contributed by atoms with Crippen LogP contribution in [0.3, 0.4) is 0 Å². The maximum absolute atomic E-state index is 12.7. The minimum absolute atomic E-state index is 0.178. The molecule has 3 aliphatic rings. The fraction of sp³-hybridized carbons (Fsp3) is 0.571. The Kier molecular flexibility index (Phi) is 4.76. The van der Waals surface area contributed by atoms with Crippen molar-refractivity contribution in [2.75, 3.05) is 31.6 Å². The lowest BCUT2D eigenvalue weighted by atomic mass is 9.97. The van der Waals surface area contributed by atoms with Gasteiger partial charge in [0.25, 0.3) is 0 Å². The van der Waals surface area contributed by atoms with Crippen LogP contribution in [-0.2, 0) is 28.6 Å². The molecule has 150 valence electrons. The fourth-order valence-corrected chi connectivity index (χ4v) is 6.56. The lowest BCUT2D eigenvalue weighted by molar-refractivity contribution is -0.131. The molecule has 28 heavy (non-hydrogen) atoms. The van der Waals surface area contributed by atoms with Gasteiger partial charge in [-0.15, -0.1) is 0 Å². The number of amides is 1. The molecule has 0 radical (unpaired) electrons. The van der Waals surface area contributed by atoms with E-state index in [1.807, 2.05) is 11.0 Å². The average Bonchev–Trinajstić information content (AvgIpc) is 3.10. The second kappa shape index (κ2) is 7.15. The summed E-state index contributed by atoms with van der Waals surface area (Å²) < 4.78 is 13.9. The Morgan fingerprint density at radius 1 is 1.25 bits per heavy atom. The van der Waals surface area contributed by atoms with Crippen LogP contribution < -0.4 is 0 Å². The number of fused-ring (bicyclic) bond motifs is 6. The van der Waals surface area contributed by atoms with Crippen molar-refractivity contribution in [1.29, 1.82) is 0 Å². The molecule has 5 rings (SSSR count). The highest BCUT2D eigenvalue weighted by molar-refractivity contribution is 7.85. The minimum atomic E-state index is -0.754. The van der Waals surface area contributed by atoms with Crippen LogP contribution in [0.4, 0.5) is 0 Å². The zero-order chi connectivity index (χ0) is 19.4. The van der Waals surface area contributed by atoms with Gasteiger partial charge >= 0.3 is 0 Å². The molecular weight excluding hydrogens is 394 g/mol. The summed E-state index contributed by atoms with van der Waals surface area (Å²) in [5.74, 6) is 1.40. The van der Waals surface area contributed by atoms with E-state index in [0.717, 1.165) is 11.4 Å². The van der Waals surface area contributed by atoms with Gasteiger partial charge in [-0.05, 0) is 43.7 Å². The molecule has 0 spiro atoms. The van der Waals surface area contributed by atoms with E-state index in [1.165, 1.54) is 35.0 Å². The first-order valence-corrected chi connectivity index (χ1v) is 12.0. The quantitative estimate of drug-likeness (QED) is 0.768. The largest absolute Gasteiger partial charge is 0.344 e. The van der Waals surface area contributed by atoms with Gasteiger partial charge < -0.3 is 9.47 Å². The van der Waals surface area contributed by atoms with Crippen molar-refractivity contribution >= 4 is 39.2 Å². The summed E-state index contributed by atoms with van der Waals surface area (Å²) in [5.41, 5.74) is 4.02. The van der Waals surface area contributed by atoms with Gasteiger partial charge in [0.1, 0.15) is 0 Å². The Morgan fingerprint density at radius 2 is 2.04 bits per heavy atom. The fourth-order valence-electron chi connectivity index (χ4n) is 5.34. The Bertz CT molecular complexity index is 962. The summed E-state index contributed by atoms with van der Waals surface area (Å²) in [6.45, 7) is 1.95. The molecular formula is C21H26ClN3O2S. The molecule has 2 saturated heterocycles. The van der Waals surface area contributed by atoms with Crippen molar-refractivity contribution in [3.63, 3.8) is 0 Å². The highest BCUT2D eigenvalue weighted by Crippen LogP contribution is 2.47. The predicted octanol–water partition coefficient (Wildman–Crippen LogP) is 2.97.